The molecule has 1 fully saturated rings. The summed E-state index contributed by atoms with van der Waals surface area (Å²) in [7, 11) is 0. The first-order valence-corrected chi connectivity index (χ1v) is 8.59. The Bertz CT molecular complexity index is 678. The van der Waals surface area contributed by atoms with Gasteiger partial charge in [0.25, 0.3) is 11.8 Å². The minimum Gasteiger partial charge on any atom is -0.341 e. The molecule has 2 unspecified atom stereocenters. The van der Waals surface area contributed by atoms with E-state index in [0.29, 0.717) is 36.1 Å². The lowest BCUT2D eigenvalue weighted by Gasteiger charge is -2.35. The molecule has 1 aromatic carbocycles. The van der Waals surface area contributed by atoms with Crippen LogP contribution in [0.4, 0.5) is 0 Å². The van der Waals surface area contributed by atoms with Gasteiger partial charge in [0, 0.05) is 17.6 Å². The molecule has 2 aliphatic rings. The minimum atomic E-state index is -0.391. The molecule has 3 rings (SSSR count). The quantitative estimate of drug-likeness (QED) is 0.743. The molecule has 1 saturated heterocycles. The molecule has 0 N–H and O–H groups in total. The van der Waals surface area contributed by atoms with Gasteiger partial charge < -0.3 is 4.90 Å². The van der Waals surface area contributed by atoms with Crippen molar-refractivity contribution in [2.45, 2.75) is 20.3 Å². The van der Waals surface area contributed by atoms with Crippen LogP contribution < -0.4 is 0 Å². The summed E-state index contributed by atoms with van der Waals surface area (Å²) in [6, 6.07) is 4.98. The standard InChI is InChI=1S/C17H19BrN2O3/c1-10-5-11(2)8-19(7-10)15(21)9-20-16(22)13-4-3-12(18)6-14(13)17(20)23/h3-4,6,10-11H,5,7-9H2,1-2H3. The molecular weight excluding hydrogens is 360 g/mol. The van der Waals surface area contributed by atoms with Crippen molar-refractivity contribution in [2.24, 2.45) is 11.8 Å². The maximum Gasteiger partial charge on any atom is 0.262 e. The summed E-state index contributed by atoms with van der Waals surface area (Å²) >= 11 is 3.30. The van der Waals surface area contributed by atoms with Gasteiger partial charge in [0.15, 0.2) is 0 Å². The molecule has 0 aromatic heterocycles. The first kappa shape index (κ1) is 16.2. The Balaban J connectivity index is 1.75. The number of amides is 3. The Morgan fingerprint density at radius 3 is 2.39 bits per heavy atom. The summed E-state index contributed by atoms with van der Waals surface area (Å²) in [5, 5.41) is 0. The molecule has 1 aromatic rings. The average Bonchev–Trinajstić information content (AvgIpc) is 2.71. The van der Waals surface area contributed by atoms with Crippen molar-refractivity contribution in [1.29, 1.82) is 0 Å². The molecule has 0 bridgehead atoms. The smallest absolute Gasteiger partial charge is 0.262 e. The molecule has 122 valence electrons. The second-order valence-electron chi connectivity index (χ2n) is 6.63. The van der Waals surface area contributed by atoms with Gasteiger partial charge in [0.1, 0.15) is 6.54 Å². The van der Waals surface area contributed by atoms with Crippen LogP contribution in [0.2, 0.25) is 0 Å². The van der Waals surface area contributed by atoms with Crippen LogP contribution in [0.5, 0.6) is 0 Å². The zero-order valence-electron chi connectivity index (χ0n) is 13.2. The number of likely N-dealkylation sites (tertiary alicyclic amines) is 1. The Hall–Kier alpha value is -1.69. The van der Waals surface area contributed by atoms with E-state index in [1.165, 1.54) is 0 Å². The van der Waals surface area contributed by atoms with Crippen molar-refractivity contribution >= 4 is 33.7 Å². The Kier molecular flexibility index (Phi) is 4.27. The minimum absolute atomic E-state index is 0.156. The summed E-state index contributed by atoms with van der Waals surface area (Å²) in [6.45, 7) is 5.45. The van der Waals surface area contributed by atoms with Crippen molar-refractivity contribution in [2.75, 3.05) is 19.6 Å². The van der Waals surface area contributed by atoms with Crippen molar-refractivity contribution < 1.29 is 14.4 Å². The van der Waals surface area contributed by atoms with E-state index in [-0.39, 0.29) is 18.4 Å². The first-order valence-electron chi connectivity index (χ1n) is 7.80. The Morgan fingerprint density at radius 1 is 1.13 bits per heavy atom. The van der Waals surface area contributed by atoms with Gasteiger partial charge in [0.05, 0.1) is 11.1 Å². The normalized spacial score (nSPS) is 24.1. The largest absolute Gasteiger partial charge is 0.341 e. The molecule has 0 saturated carbocycles. The van der Waals surface area contributed by atoms with Gasteiger partial charge in [-0.25, -0.2) is 0 Å². The van der Waals surface area contributed by atoms with Crippen LogP contribution in [0.15, 0.2) is 22.7 Å². The van der Waals surface area contributed by atoms with Crippen molar-refractivity contribution in [3.8, 4) is 0 Å². The van der Waals surface area contributed by atoms with Crippen molar-refractivity contribution in [3.05, 3.63) is 33.8 Å². The second kappa shape index (κ2) is 6.07. The van der Waals surface area contributed by atoms with Crippen LogP contribution in [0.1, 0.15) is 41.0 Å². The van der Waals surface area contributed by atoms with E-state index in [0.717, 1.165) is 15.8 Å². The SMILES string of the molecule is CC1CC(C)CN(C(=O)CN2C(=O)c3ccc(Br)cc3C2=O)C1. The predicted octanol–water partition coefficient (Wildman–Crippen LogP) is 2.55. The van der Waals surface area contributed by atoms with Gasteiger partial charge >= 0.3 is 0 Å². The lowest BCUT2D eigenvalue weighted by Crippen LogP contribution is -2.48. The maximum absolute atomic E-state index is 12.5. The lowest BCUT2D eigenvalue weighted by atomic mass is 9.92. The van der Waals surface area contributed by atoms with E-state index in [9.17, 15) is 14.4 Å². The van der Waals surface area contributed by atoms with Crippen LogP contribution >= 0.6 is 15.9 Å². The number of piperidine rings is 1. The van der Waals surface area contributed by atoms with Crippen molar-refractivity contribution in [1.82, 2.24) is 9.80 Å². The highest BCUT2D eigenvalue weighted by Crippen LogP contribution is 2.27. The molecule has 2 atom stereocenters. The molecule has 2 aliphatic heterocycles. The van der Waals surface area contributed by atoms with Gasteiger partial charge in [-0.3, -0.25) is 19.3 Å². The number of nitrogens with zero attached hydrogens (tertiary/aromatic N) is 2. The van der Waals surface area contributed by atoms with Gasteiger partial charge in [-0.05, 0) is 36.5 Å². The number of carbonyl (C=O) groups excluding carboxylic acids is 3. The van der Waals surface area contributed by atoms with E-state index >= 15 is 0 Å². The van der Waals surface area contributed by atoms with Crippen LogP contribution in [0.3, 0.4) is 0 Å². The van der Waals surface area contributed by atoms with Crippen LogP contribution in [-0.4, -0.2) is 47.2 Å². The average molecular weight is 379 g/mol. The number of hydrogen-bond donors (Lipinski definition) is 0. The highest BCUT2D eigenvalue weighted by atomic mass is 79.9. The second-order valence-corrected chi connectivity index (χ2v) is 7.55. The van der Waals surface area contributed by atoms with E-state index in [1.54, 1.807) is 23.1 Å². The number of hydrogen-bond acceptors (Lipinski definition) is 3. The number of benzene rings is 1. The van der Waals surface area contributed by atoms with E-state index in [1.807, 2.05) is 0 Å². The Labute approximate surface area is 143 Å². The fourth-order valence-corrected chi connectivity index (χ4v) is 3.87. The topological polar surface area (TPSA) is 57.7 Å². The van der Waals surface area contributed by atoms with Gasteiger partial charge in [0.2, 0.25) is 5.91 Å². The molecule has 3 amide bonds. The molecule has 6 heteroatoms. The van der Waals surface area contributed by atoms with Crippen molar-refractivity contribution in [3.63, 3.8) is 0 Å². The van der Waals surface area contributed by atoms with Gasteiger partial charge in [-0.2, -0.15) is 0 Å². The number of carbonyl (C=O) groups is 3. The summed E-state index contributed by atoms with van der Waals surface area (Å²) in [6.07, 6.45) is 1.10. The summed E-state index contributed by atoms with van der Waals surface area (Å²) < 4.78 is 0.740. The van der Waals surface area contributed by atoms with E-state index < -0.39 is 5.91 Å². The molecule has 2 heterocycles. The van der Waals surface area contributed by atoms with Gasteiger partial charge in [-0.15, -0.1) is 0 Å². The highest BCUT2D eigenvalue weighted by molar-refractivity contribution is 9.10. The van der Waals surface area contributed by atoms with Crippen LogP contribution in [-0.2, 0) is 4.79 Å². The third-order valence-corrected chi connectivity index (χ3v) is 4.94. The molecular formula is C17H19BrN2O3. The third kappa shape index (κ3) is 3.04. The molecule has 0 aliphatic carbocycles. The van der Waals surface area contributed by atoms with Crippen LogP contribution in [0, 0.1) is 11.8 Å². The molecule has 5 nitrogen and oxygen atoms in total. The predicted molar refractivity (Wildman–Crippen MR) is 89.0 cm³/mol. The lowest BCUT2D eigenvalue weighted by molar-refractivity contribution is -0.134. The summed E-state index contributed by atoms with van der Waals surface area (Å²) in [5.74, 6) is -0.0413. The highest BCUT2D eigenvalue weighted by Gasteiger charge is 2.38. The van der Waals surface area contributed by atoms with E-state index in [2.05, 4.69) is 29.8 Å². The fraction of sp³-hybridized carbons (Fsp3) is 0.471. The molecule has 0 spiro atoms. The number of imide groups is 1. The number of fused-ring (bicyclic) bond motifs is 1. The number of halogens is 1. The summed E-state index contributed by atoms with van der Waals surface area (Å²) in [5.41, 5.74) is 0.726. The number of rotatable bonds is 2. The first-order chi connectivity index (χ1) is 10.9. The summed E-state index contributed by atoms with van der Waals surface area (Å²) in [4.78, 5) is 40.2. The Morgan fingerprint density at radius 2 is 1.74 bits per heavy atom. The van der Waals surface area contributed by atoms with Crippen LogP contribution in [0.25, 0.3) is 0 Å². The zero-order chi connectivity index (χ0) is 16.7. The molecule has 23 heavy (non-hydrogen) atoms. The van der Waals surface area contributed by atoms with Gasteiger partial charge in [-0.1, -0.05) is 29.8 Å². The third-order valence-electron chi connectivity index (χ3n) is 4.45. The van der Waals surface area contributed by atoms with E-state index in [4.69, 9.17) is 0 Å². The monoisotopic (exact) mass is 378 g/mol. The zero-order valence-corrected chi connectivity index (χ0v) is 14.8. The molecule has 0 radical (unpaired) electrons. The maximum atomic E-state index is 12.5. The fourth-order valence-electron chi connectivity index (χ4n) is 3.51.